The van der Waals surface area contributed by atoms with Gasteiger partial charge in [-0.3, -0.25) is 4.68 Å². The van der Waals surface area contributed by atoms with E-state index in [1.807, 2.05) is 37.7 Å². The number of hydrogen-bond acceptors (Lipinski definition) is 2. The molecule has 1 saturated carbocycles. The Morgan fingerprint density at radius 3 is 2.62 bits per heavy atom. The van der Waals surface area contributed by atoms with Gasteiger partial charge in [-0.1, -0.05) is 26.0 Å². The second-order valence-electron chi connectivity index (χ2n) is 11.0. The number of nitrogens with one attached hydrogen (secondary N) is 2. The molecule has 4 rings (SSSR count). The van der Waals surface area contributed by atoms with Gasteiger partial charge in [0, 0.05) is 17.5 Å². The molecule has 2 N–H and O–H groups in total. The zero-order valence-corrected chi connectivity index (χ0v) is 19.8. The Labute approximate surface area is 190 Å². The molecule has 2 unspecified atom stereocenters. The highest BCUT2D eigenvalue weighted by Crippen LogP contribution is 2.51. The predicted molar refractivity (Wildman–Crippen MR) is 127 cm³/mol. The summed E-state index contributed by atoms with van der Waals surface area (Å²) in [5.74, 6) is 0.815. The minimum Gasteiger partial charge on any atom is -0.338 e. The molecule has 2 aliphatic carbocycles. The first kappa shape index (κ1) is 22.6. The lowest BCUT2D eigenvalue weighted by Crippen LogP contribution is -2.49. The molecule has 2 aliphatic rings. The lowest BCUT2D eigenvalue weighted by molar-refractivity contribution is 0.213. The van der Waals surface area contributed by atoms with E-state index in [0.29, 0.717) is 24.8 Å². The van der Waals surface area contributed by atoms with Gasteiger partial charge in [0.05, 0.1) is 17.8 Å². The summed E-state index contributed by atoms with van der Waals surface area (Å²) in [6.07, 6.45) is 9.98. The maximum Gasteiger partial charge on any atom is 0.315 e. The SMILES string of the molecule is CC(C)(C)NC(=O)NCC(C)(C)C(c1ccc2c(cnn2C2C=CC(F)=CC2)c1)C1CC1. The molecule has 172 valence electrons. The van der Waals surface area contributed by atoms with Gasteiger partial charge in [0.15, 0.2) is 0 Å². The van der Waals surface area contributed by atoms with Crippen molar-refractivity contribution in [3.05, 3.63) is 54.0 Å². The predicted octanol–water partition coefficient (Wildman–Crippen LogP) is 6.01. The number of halogens is 1. The van der Waals surface area contributed by atoms with Gasteiger partial charge < -0.3 is 10.6 Å². The molecule has 0 radical (unpaired) electrons. The Bertz CT molecular complexity index is 1060. The van der Waals surface area contributed by atoms with Crippen molar-refractivity contribution in [1.82, 2.24) is 20.4 Å². The highest BCUT2D eigenvalue weighted by molar-refractivity contribution is 5.80. The molecular formula is C26H35FN4O. The fourth-order valence-electron chi connectivity index (χ4n) is 4.89. The number of aromatic nitrogens is 2. The van der Waals surface area contributed by atoms with Crippen LogP contribution in [0.5, 0.6) is 0 Å². The first-order chi connectivity index (χ1) is 15.0. The average molecular weight is 439 g/mol. The van der Waals surface area contributed by atoms with E-state index in [4.69, 9.17) is 0 Å². The fourth-order valence-corrected chi connectivity index (χ4v) is 4.89. The van der Waals surface area contributed by atoms with Crippen LogP contribution in [-0.2, 0) is 0 Å². The molecule has 5 nitrogen and oxygen atoms in total. The number of benzene rings is 1. The maximum absolute atomic E-state index is 13.4. The average Bonchev–Trinajstić information content (AvgIpc) is 3.43. The number of nitrogens with zero attached hydrogens (tertiary/aromatic N) is 2. The summed E-state index contributed by atoms with van der Waals surface area (Å²) >= 11 is 0. The van der Waals surface area contributed by atoms with E-state index in [1.165, 1.54) is 24.5 Å². The van der Waals surface area contributed by atoms with E-state index in [2.05, 4.69) is 47.8 Å². The van der Waals surface area contributed by atoms with Crippen LogP contribution in [0.4, 0.5) is 9.18 Å². The summed E-state index contributed by atoms with van der Waals surface area (Å²) in [6.45, 7) is 11.0. The monoisotopic (exact) mass is 438 g/mol. The molecule has 2 atom stereocenters. The van der Waals surface area contributed by atoms with Gasteiger partial charge in [0.2, 0.25) is 0 Å². The second-order valence-corrected chi connectivity index (χ2v) is 11.0. The minimum absolute atomic E-state index is 0.0408. The van der Waals surface area contributed by atoms with Gasteiger partial charge in [-0.2, -0.15) is 5.10 Å². The third kappa shape index (κ3) is 5.05. The van der Waals surface area contributed by atoms with Crippen molar-refractivity contribution in [1.29, 1.82) is 0 Å². The van der Waals surface area contributed by atoms with Crippen molar-refractivity contribution in [2.24, 2.45) is 11.3 Å². The third-order valence-corrected chi connectivity index (χ3v) is 6.45. The van der Waals surface area contributed by atoms with Gasteiger partial charge in [-0.05, 0) is 87.1 Å². The summed E-state index contributed by atoms with van der Waals surface area (Å²) in [5, 5.41) is 11.8. The van der Waals surface area contributed by atoms with Crippen LogP contribution < -0.4 is 10.6 Å². The molecule has 1 aromatic heterocycles. The number of fused-ring (bicyclic) bond motifs is 1. The Morgan fingerprint density at radius 2 is 2.00 bits per heavy atom. The molecule has 6 heteroatoms. The number of carbonyl (C=O) groups excluding carboxylic acids is 1. The number of hydrogen-bond donors (Lipinski definition) is 2. The van der Waals surface area contributed by atoms with Crippen molar-refractivity contribution in [3.8, 4) is 0 Å². The van der Waals surface area contributed by atoms with E-state index in [1.54, 1.807) is 6.08 Å². The fraction of sp³-hybridized carbons (Fsp3) is 0.538. The molecule has 0 saturated heterocycles. The van der Waals surface area contributed by atoms with E-state index in [9.17, 15) is 9.18 Å². The van der Waals surface area contributed by atoms with Gasteiger partial charge >= 0.3 is 6.03 Å². The van der Waals surface area contributed by atoms with E-state index < -0.39 is 0 Å². The Kier molecular flexibility index (Phi) is 5.91. The Balaban J connectivity index is 1.54. The number of rotatable bonds is 6. The van der Waals surface area contributed by atoms with Crippen molar-refractivity contribution in [3.63, 3.8) is 0 Å². The first-order valence-electron chi connectivity index (χ1n) is 11.6. The summed E-state index contributed by atoms with van der Waals surface area (Å²) in [4.78, 5) is 12.3. The van der Waals surface area contributed by atoms with Crippen LogP contribution in [0.2, 0.25) is 0 Å². The first-order valence-corrected chi connectivity index (χ1v) is 11.6. The van der Waals surface area contributed by atoms with Crippen LogP contribution in [0, 0.1) is 11.3 Å². The number of allylic oxidation sites excluding steroid dienone is 4. The summed E-state index contributed by atoms with van der Waals surface area (Å²) in [5.41, 5.74) is 2.01. The lowest BCUT2D eigenvalue weighted by Gasteiger charge is -2.36. The highest BCUT2D eigenvalue weighted by atomic mass is 19.1. The van der Waals surface area contributed by atoms with Crippen LogP contribution in [-0.4, -0.2) is 27.9 Å². The molecule has 0 spiro atoms. The molecule has 32 heavy (non-hydrogen) atoms. The van der Waals surface area contributed by atoms with Crippen molar-refractivity contribution < 1.29 is 9.18 Å². The highest BCUT2D eigenvalue weighted by Gasteiger charge is 2.42. The molecule has 0 bridgehead atoms. The molecule has 2 amide bonds. The minimum atomic E-state index is -0.260. The van der Waals surface area contributed by atoms with Crippen LogP contribution in [0.15, 0.2) is 48.5 Å². The standard InChI is InChI=1S/C26H35FN4O/c1-25(2,3)30-24(32)28-16-26(4,5)23(17-6-7-17)18-8-13-22-19(14-18)15-29-31(22)21-11-9-20(27)10-12-21/h8-11,13-15,17,21,23H,6-7,12,16H2,1-5H3,(H2,28,30,32). The number of carbonyl (C=O) groups is 1. The summed E-state index contributed by atoms with van der Waals surface area (Å²) < 4.78 is 15.3. The van der Waals surface area contributed by atoms with Crippen LogP contribution in [0.1, 0.15) is 71.4 Å². The van der Waals surface area contributed by atoms with Crippen molar-refractivity contribution >= 4 is 16.9 Å². The molecule has 1 heterocycles. The van der Waals surface area contributed by atoms with Crippen molar-refractivity contribution in [2.75, 3.05) is 6.54 Å². The molecular weight excluding hydrogens is 403 g/mol. The van der Waals surface area contributed by atoms with E-state index >= 15 is 0 Å². The number of urea groups is 1. The number of amides is 2. The van der Waals surface area contributed by atoms with Crippen molar-refractivity contribution in [2.45, 2.75) is 71.4 Å². The summed E-state index contributed by atoms with van der Waals surface area (Å²) in [6, 6.07) is 6.53. The topological polar surface area (TPSA) is 59.0 Å². The lowest BCUT2D eigenvalue weighted by atomic mass is 9.72. The molecule has 2 aromatic rings. The Morgan fingerprint density at radius 1 is 1.25 bits per heavy atom. The quantitative estimate of drug-likeness (QED) is 0.580. The van der Waals surface area contributed by atoms with Crippen LogP contribution in [0.25, 0.3) is 10.9 Å². The smallest absolute Gasteiger partial charge is 0.315 e. The van der Waals surface area contributed by atoms with E-state index in [0.717, 1.165) is 10.9 Å². The van der Waals surface area contributed by atoms with Gasteiger partial charge in [0.1, 0.15) is 5.83 Å². The normalized spacial score (nSPS) is 20.2. The van der Waals surface area contributed by atoms with Crippen LogP contribution >= 0.6 is 0 Å². The largest absolute Gasteiger partial charge is 0.338 e. The maximum atomic E-state index is 13.4. The Hall–Kier alpha value is -2.63. The molecule has 1 aromatic carbocycles. The molecule has 0 aliphatic heterocycles. The summed E-state index contributed by atoms with van der Waals surface area (Å²) in [7, 11) is 0. The van der Waals surface area contributed by atoms with Gasteiger partial charge in [0.25, 0.3) is 0 Å². The van der Waals surface area contributed by atoms with Crippen LogP contribution in [0.3, 0.4) is 0 Å². The third-order valence-electron chi connectivity index (χ3n) is 6.45. The van der Waals surface area contributed by atoms with Gasteiger partial charge in [-0.25, -0.2) is 9.18 Å². The van der Waals surface area contributed by atoms with Gasteiger partial charge in [-0.15, -0.1) is 0 Å². The zero-order valence-electron chi connectivity index (χ0n) is 19.8. The second kappa shape index (κ2) is 8.38. The zero-order chi connectivity index (χ0) is 23.1. The van der Waals surface area contributed by atoms with E-state index in [-0.39, 0.29) is 28.9 Å². The molecule has 1 fully saturated rings.